The van der Waals surface area contributed by atoms with Gasteiger partial charge in [-0.15, -0.1) is 5.10 Å². The lowest BCUT2D eigenvalue weighted by atomic mass is 10.0. The number of halogens is 1. The first-order chi connectivity index (χ1) is 18.5. The molecule has 0 aliphatic heterocycles. The van der Waals surface area contributed by atoms with Crippen molar-refractivity contribution in [2.75, 3.05) is 12.0 Å². The Kier molecular flexibility index (Phi) is 7.35. The molecule has 1 heterocycles. The van der Waals surface area contributed by atoms with Crippen LogP contribution in [0.2, 0.25) is 0 Å². The van der Waals surface area contributed by atoms with Gasteiger partial charge in [-0.2, -0.15) is 0 Å². The smallest absolute Gasteiger partial charge is 0.249 e. The van der Waals surface area contributed by atoms with Crippen molar-refractivity contribution in [3.63, 3.8) is 0 Å². The van der Waals surface area contributed by atoms with Crippen LogP contribution in [0.3, 0.4) is 0 Å². The fourth-order valence-electron chi connectivity index (χ4n) is 5.09. The first kappa shape index (κ1) is 25.4. The summed E-state index contributed by atoms with van der Waals surface area (Å²) in [4.78, 5) is 29.4. The molecule has 196 valence electrons. The minimum absolute atomic E-state index is 0.0209. The molecule has 0 bridgehead atoms. The number of hydrogen-bond acceptors (Lipinski definition) is 5. The molecule has 1 aliphatic carbocycles. The third-order valence-electron chi connectivity index (χ3n) is 6.98. The predicted octanol–water partition coefficient (Wildman–Crippen LogP) is 4.72. The van der Waals surface area contributed by atoms with Gasteiger partial charge in [0.25, 0.3) is 0 Å². The normalized spacial score (nSPS) is 14.4. The zero-order valence-corrected chi connectivity index (χ0v) is 21.4. The zero-order chi connectivity index (χ0) is 26.6. The zero-order valence-electron chi connectivity index (χ0n) is 21.4. The lowest BCUT2D eigenvalue weighted by Crippen LogP contribution is -2.47. The van der Waals surface area contributed by atoms with E-state index in [1.807, 2.05) is 37.3 Å². The van der Waals surface area contributed by atoms with Gasteiger partial charge in [-0.25, -0.2) is 9.07 Å². The topological polar surface area (TPSA) is 89.3 Å². The van der Waals surface area contributed by atoms with Crippen LogP contribution in [0.5, 0.6) is 5.75 Å². The molecule has 0 spiro atoms. The van der Waals surface area contributed by atoms with Crippen molar-refractivity contribution in [2.24, 2.45) is 0 Å². The van der Waals surface area contributed by atoms with Gasteiger partial charge in [0.1, 0.15) is 29.7 Å². The van der Waals surface area contributed by atoms with Gasteiger partial charge in [0.2, 0.25) is 11.8 Å². The number of carbonyl (C=O) groups excluding carboxylic acids is 2. The number of rotatable bonds is 8. The Labute approximate surface area is 220 Å². The third kappa shape index (κ3) is 5.09. The predicted molar refractivity (Wildman–Crippen MR) is 142 cm³/mol. The molecule has 4 aromatic rings. The highest BCUT2D eigenvalue weighted by Gasteiger charge is 2.37. The van der Waals surface area contributed by atoms with Crippen LogP contribution < -0.4 is 15.0 Å². The quantitative estimate of drug-likeness (QED) is 0.367. The van der Waals surface area contributed by atoms with E-state index in [0.29, 0.717) is 22.5 Å². The molecule has 1 atom stereocenters. The van der Waals surface area contributed by atoms with Gasteiger partial charge in [0.05, 0.1) is 18.3 Å². The monoisotopic (exact) mass is 515 g/mol. The average Bonchev–Trinajstić information content (AvgIpc) is 3.58. The van der Waals surface area contributed by atoms with Crippen LogP contribution in [0.25, 0.3) is 11.0 Å². The van der Waals surface area contributed by atoms with Crippen molar-refractivity contribution < 1.29 is 18.7 Å². The van der Waals surface area contributed by atoms with Gasteiger partial charge < -0.3 is 10.1 Å². The number of hydrogen-bond donors (Lipinski definition) is 1. The first-order valence-corrected chi connectivity index (χ1v) is 12.8. The number of aromatic nitrogens is 3. The van der Waals surface area contributed by atoms with Crippen molar-refractivity contribution in [2.45, 2.75) is 51.2 Å². The molecule has 0 radical (unpaired) electrons. The average molecular weight is 516 g/mol. The van der Waals surface area contributed by atoms with Crippen molar-refractivity contribution in [3.05, 3.63) is 83.7 Å². The summed E-state index contributed by atoms with van der Waals surface area (Å²) in [5.74, 6) is -1.08. The maximum absolute atomic E-state index is 15.3. The second-order valence-electron chi connectivity index (χ2n) is 9.59. The van der Waals surface area contributed by atoms with Gasteiger partial charge >= 0.3 is 0 Å². The van der Waals surface area contributed by atoms with Crippen LogP contribution in [0.4, 0.5) is 10.1 Å². The second-order valence-corrected chi connectivity index (χ2v) is 9.59. The standard InChI is InChI=1S/C29H30FN5O3/c1-19-15-16-26(38-2)25(17-19)35(27(36)18-34-24-14-8-7-13-23(24)32-33-34)28(21-11-5-6-12-22(21)30)29(37)31-20-9-3-4-10-20/h5-8,11-17,20,28H,3-4,9-10,18H2,1-2H3,(H,31,37). The van der Waals surface area contributed by atoms with Crippen molar-refractivity contribution >= 4 is 28.5 Å². The van der Waals surface area contributed by atoms with Gasteiger partial charge in [-0.1, -0.05) is 54.5 Å². The highest BCUT2D eigenvalue weighted by atomic mass is 19.1. The van der Waals surface area contributed by atoms with Crippen LogP contribution in [0, 0.1) is 12.7 Å². The molecule has 1 unspecified atom stereocenters. The number of carbonyl (C=O) groups is 2. The van der Waals surface area contributed by atoms with E-state index < -0.39 is 23.7 Å². The van der Waals surface area contributed by atoms with E-state index in [4.69, 9.17) is 4.74 Å². The maximum Gasteiger partial charge on any atom is 0.249 e. The van der Waals surface area contributed by atoms with E-state index in [1.54, 1.807) is 30.3 Å². The number of aryl methyl sites for hydroxylation is 1. The summed E-state index contributed by atoms with van der Waals surface area (Å²) in [5.41, 5.74) is 2.65. The molecule has 8 nitrogen and oxygen atoms in total. The minimum atomic E-state index is -1.27. The Morgan fingerprint density at radius 1 is 1.11 bits per heavy atom. The van der Waals surface area contributed by atoms with E-state index in [9.17, 15) is 9.59 Å². The second kappa shape index (κ2) is 11.0. The van der Waals surface area contributed by atoms with E-state index in [-0.39, 0.29) is 18.2 Å². The summed E-state index contributed by atoms with van der Waals surface area (Å²) in [7, 11) is 1.50. The molecule has 5 rings (SSSR count). The number of amides is 2. The summed E-state index contributed by atoms with van der Waals surface area (Å²) in [5, 5.41) is 11.4. The molecular weight excluding hydrogens is 485 g/mol. The van der Waals surface area contributed by atoms with Crippen LogP contribution in [-0.4, -0.2) is 40.0 Å². The van der Waals surface area contributed by atoms with E-state index in [1.165, 1.54) is 22.8 Å². The molecule has 38 heavy (non-hydrogen) atoms. The minimum Gasteiger partial charge on any atom is -0.495 e. The molecule has 9 heteroatoms. The molecule has 2 amide bonds. The van der Waals surface area contributed by atoms with Crippen molar-refractivity contribution in [1.29, 1.82) is 0 Å². The highest BCUT2D eigenvalue weighted by Crippen LogP contribution is 2.37. The molecule has 1 aliphatic rings. The molecule has 1 fully saturated rings. The van der Waals surface area contributed by atoms with Gasteiger partial charge in [-0.05, 0) is 55.7 Å². The maximum atomic E-state index is 15.3. The molecule has 1 saturated carbocycles. The summed E-state index contributed by atoms with van der Waals surface area (Å²) >= 11 is 0. The lowest BCUT2D eigenvalue weighted by molar-refractivity contribution is -0.127. The fraction of sp³-hybridized carbons (Fsp3) is 0.310. The summed E-state index contributed by atoms with van der Waals surface area (Å²) < 4.78 is 22.4. The van der Waals surface area contributed by atoms with E-state index in [2.05, 4.69) is 15.6 Å². The summed E-state index contributed by atoms with van der Waals surface area (Å²) in [6, 6.07) is 17.4. The molecule has 3 aromatic carbocycles. The number of ether oxygens (including phenoxy) is 1. The Morgan fingerprint density at radius 3 is 2.61 bits per heavy atom. The first-order valence-electron chi connectivity index (χ1n) is 12.8. The number of fused-ring (bicyclic) bond motifs is 1. The third-order valence-corrected chi connectivity index (χ3v) is 6.98. The van der Waals surface area contributed by atoms with E-state index in [0.717, 1.165) is 31.2 Å². The molecule has 0 saturated heterocycles. The van der Waals surface area contributed by atoms with Gasteiger partial charge in [0.15, 0.2) is 0 Å². The largest absolute Gasteiger partial charge is 0.495 e. The van der Waals surface area contributed by atoms with Crippen LogP contribution in [0.15, 0.2) is 66.7 Å². The number of anilines is 1. The van der Waals surface area contributed by atoms with Gasteiger partial charge in [-0.3, -0.25) is 14.5 Å². The fourth-order valence-corrected chi connectivity index (χ4v) is 5.09. The number of benzene rings is 3. The van der Waals surface area contributed by atoms with Crippen molar-refractivity contribution in [1.82, 2.24) is 20.3 Å². The summed E-state index contributed by atoms with van der Waals surface area (Å²) in [6.45, 7) is 1.67. The number of para-hydroxylation sites is 1. The summed E-state index contributed by atoms with van der Waals surface area (Å²) in [6.07, 6.45) is 3.73. The molecule has 1 aromatic heterocycles. The Bertz CT molecular complexity index is 1460. The number of nitrogens with one attached hydrogen (secondary N) is 1. The Hall–Kier alpha value is -4.27. The molecular formula is C29H30FN5O3. The SMILES string of the molecule is COc1ccc(C)cc1N(C(=O)Cn1nnc2ccccc21)C(C(=O)NC1CCCC1)c1ccccc1F. The Morgan fingerprint density at radius 2 is 1.84 bits per heavy atom. The van der Waals surface area contributed by atoms with Crippen LogP contribution in [-0.2, 0) is 16.1 Å². The Balaban J connectivity index is 1.64. The van der Waals surface area contributed by atoms with E-state index >= 15 is 4.39 Å². The van der Waals surface area contributed by atoms with Crippen LogP contribution >= 0.6 is 0 Å². The van der Waals surface area contributed by atoms with Crippen LogP contribution in [0.1, 0.15) is 42.9 Å². The number of nitrogens with zero attached hydrogens (tertiary/aromatic N) is 4. The number of methoxy groups -OCH3 is 1. The molecule has 1 N–H and O–H groups in total. The highest BCUT2D eigenvalue weighted by molar-refractivity contribution is 6.02. The lowest BCUT2D eigenvalue weighted by Gasteiger charge is -2.33. The van der Waals surface area contributed by atoms with Gasteiger partial charge in [0, 0.05) is 11.6 Å². The van der Waals surface area contributed by atoms with Crippen molar-refractivity contribution in [3.8, 4) is 5.75 Å².